The van der Waals surface area contributed by atoms with Crippen molar-refractivity contribution in [1.82, 2.24) is 4.31 Å². The molecule has 0 aromatic heterocycles. The minimum absolute atomic E-state index is 0.0352. The lowest BCUT2D eigenvalue weighted by molar-refractivity contribution is -0.125. The van der Waals surface area contributed by atoms with E-state index in [1.54, 1.807) is 24.3 Å². The highest BCUT2D eigenvalue weighted by atomic mass is 32.2. The van der Waals surface area contributed by atoms with Crippen molar-refractivity contribution in [3.63, 3.8) is 0 Å². The number of benzene rings is 2. The lowest BCUT2D eigenvalue weighted by Crippen LogP contribution is -2.49. The zero-order valence-corrected chi connectivity index (χ0v) is 16.2. The van der Waals surface area contributed by atoms with Gasteiger partial charge in [0, 0.05) is 5.56 Å². The highest BCUT2D eigenvalue weighted by Crippen LogP contribution is 2.29. The Kier molecular flexibility index (Phi) is 4.48. The van der Waals surface area contributed by atoms with E-state index in [9.17, 15) is 13.2 Å². The zero-order valence-electron chi connectivity index (χ0n) is 15.4. The van der Waals surface area contributed by atoms with Gasteiger partial charge in [0.15, 0.2) is 5.84 Å². The Labute approximate surface area is 154 Å². The molecule has 0 fully saturated rings. The summed E-state index contributed by atoms with van der Waals surface area (Å²) in [6.07, 6.45) is 0.0352. The fourth-order valence-electron chi connectivity index (χ4n) is 2.88. The van der Waals surface area contributed by atoms with Gasteiger partial charge in [0.05, 0.1) is 16.9 Å². The van der Waals surface area contributed by atoms with Crippen molar-refractivity contribution in [2.75, 3.05) is 0 Å². The van der Waals surface area contributed by atoms with Crippen LogP contribution in [-0.2, 0) is 14.8 Å². The molecule has 1 heterocycles. The largest absolute Gasteiger partial charge is 0.273 e. The van der Waals surface area contributed by atoms with Crippen molar-refractivity contribution < 1.29 is 13.2 Å². The average Bonchev–Trinajstić information content (AvgIpc) is 2.54. The number of aryl methyl sites for hydroxylation is 2. The average molecular weight is 370 g/mol. The smallest absolute Gasteiger partial charge is 0.272 e. The first kappa shape index (κ1) is 18.3. The topological polar surface area (TPSA) is 66.8 Å². The second-order valence-electron chi connectivity index (χ2n) is 7.27. The van der Waals surface area contributed by atoms with Crippen molar-refractivity contribution >= 4 is 21.8 Å². The summed E-state index contributed by atoms with van der Waals surface area (Å²) in [6, 6.07) is 13.8. The van der Waals surface area contributed by atoms with E-state index in [1.807, 2.05) is 39.8 Å². The summed E-state index contributed by atoms with van der Waals surface area (Å²) < 4.78 is 27.2. The minimum atomic E-state index is -4.03. The molecule has 3 rings (SSSR count). The van der Waals surface area contributed by atoms with E-state index in [2.05, 4.69) is 4.99 Å². The standard InChI is InChI=1S/C20H22N2O3S/c1-14-5-9-16(10-6-14)19-21-20(3,4)13-18(23)22(19)26(24,25)17-11-7-15(2)8-12-17/h5-12H,13H2,1-4H3. The van der Waals surface area contributed by atoms with Crippen LogP contribution in [-0.4, -0.2) is 30.0 Å². The third kappa shape index (κ3) is 3.42. The van der Waals surface area contributed by atoms with Crippen LogP contribution in [0.25, 0.3) is 0 Å². The number of amides is 1. The monoisotopic (exact) mass is 370 g/mol. The molecule has 26 heavy (non-hydrogen) atoms. The van der Waals surface area contributed by atoms with Gasteiger partial charge in [-0.2, -0.15) is 4.31 Å². The fourth-order valence-corrected chi connectivity index (χ4v) is 4.28. The molecule has 1 aliphatic heterocycles. The summed E-state index contributed by atoms with van der Waals surface area (Å²) in [7, 11) is -4.03. The Hall–Kier alpha value is -2.47. The number of hydrogen-bond donors (Lipinski definition) is 0. The SMILES string of the molecule is Cc1ccc(C2=NC(C)(C)CC(=O)N2S(=O)(=O)c2ccc(C)cc2)cc1. The van der Waals surface area contributed by atoms with Gasteiger partial charge in [0.25, 0.3) is 10.0 Å². The van der Waals surface area contributed by atoms with Crippen LogP contribution in [0.4, 0.5) is 0 Å². The van der Waals surface area contributed by atoms with Crippen molar-refractivity contribution in [3.05, 3.63) is 65.2 Å². The third-order valence-electron chi connectivity index (χ3n) is 4.28. The van der Waals surface area contributed by atoms with Gasteiger partial charge in [0.2, 0.25) is 5.91 Å². The van der Waals surface area contributed by atoms with Crippen LogP contribution >= 0.6 is 0 Å². The second kappa shape index (κ2) is 6.36. The maximum Gasteiger partial charge on any atom is 0.272 e. The molecule has 6 heteroatoms. The Morgan fingerprint density at radius 2 is 1.42 bits per heavy atom. The first-order valence-corrected chi connectivity index (χ1v) is 9.86. The van der Waals surface area contributed by atoms with Gasteiger partial charge >= 0.3 is 0 Å². The van der Waals surface area contributed by atoms with E-state index in [-0.39, 0.29) is 17.2 Å². The van der Waals surface area contributed by atoms with Crippen LogP contribution in [0.3, 0.4) is 0 Å². The van der Waals surface area contributed by atoms with E-state index in [1.165, 1.54) is 12.1 Å². The van der Waals surface area contributed by atoms with Crippen LogP contribution in [0.15, 0.2) is 58.4 Å². The Morgan fingerprint density at radius 1 is 0.923 bits per heavy atom. The summed E-state index contributed by atoms with van der Waals surface area (Å²) in [4.78, 5) is 17.5. The molecule has 0 bridgehead atoms. The Balaban J connectivity index is 2.17. The van der Waals surface area contributed by atoms with Crippen molar-refractivity contribution in [2.45, 2.75) is 44.6 Å². The van der Waals surface area contributed by atoms with Gasteiger partial charge in [-0.25, -0.2) is 8.42 Å². The van der Waals surface area contributed by atoms with Crippen LogP contribution in [0.5, 0.6) is 0 Å². The molecule has 5 nitrogen and oxygen atoms in total. The molecule has 0 saturated carbocycles. The van der Waals surface area contributed by atoms with E-state index in [0.717, 1.165) is 15.4 Å². The van der Waals surface area contributed by atoms with E-state index >= 15 is 0 Å². The molecule has 0 aliphatic carbocycles. The van der Waals surface area contributed by atoms with Gasteiger partial charge in [0.1, 0.15) is 0 Å². The molecule has 136 valence electrons. The van der Waals surface area contributed by atoms with Crippen molar-refractivity contribution in [1.29, 1.82) is 0 Å². The van der Waals surface area contributed by atoms with Crippen LogP contribution in [0, 0.1) is 13.8 Å². The molecule has 2 aromatic rings. The van der Waals surface area contributed by atoms with Crippen molar-refractivity contribution in [3.8, 4) is 0 Å². The summed E-state index contributed by atoms with van der Waals surface area (Å²) in [6.45, 7) is 7.48. The number of carbonyl (C=O) groups is 1. The van der Waals surface area contributed by atoms with E-state index < -0.39 is 21.5 Å². The number of aliphatic imine (C=N–C) groups is 1. The molecule has 0 spiro atoms. The third-order valence-corrected chi connectivity index (χ3v) is 6.01. The number of rotatable bonds is 3. The van der Waals surface area contributed by atoms with Gasteiger partial charge < -0.3 is 0 Å². The summed E-state index contributed by atoms with van der Waals surface area (Å²) in [5.41, 5.74) is 1.94. The molecule has 0 unspecified atom stereocenters. The van der Waals surface area contributed by atoms with E-state index in [0.29, 0.717) is 5.56 Å². The van der Waals surface area contributed by atoms with Crippen LogP contribution in [0.2, 0.25) is 0 Å². The first-order valence-electron chi connectivity index (χ1n) is 8.42. The molecule has 0 atom stereocenters. The second-order valence-corrected chi connectivity index (χ2v) is 9.05. The van der Waals surface area contributed by atoms with Gasteiger partial charge in [-0.15, -0.1) is 0 Å². The predicted octanol–water partition coefficient (Wildman–Crippen LogP) is 3.45. The molecule has 1 aliphatic rings. The minimum Gasteiger partial charge on any atom is -0.273 e. The van der Waals surface area contributed by atoms with Crippen LogP contribution in [0.1, 0.15) is 37.0 Å². The number of carbonyl (C=O) groups excluding carboxylic acids is 1. The summed E-state index contributed by atoms with van der Waals surface area (Å²) in [5, 5.41) is 0. The molecule has 1 amide bonds. The molecule has 0 N–H and O–H groups in total. The number of nitrogens with zero attached hydrogens (tertiary/aromatic N) is 2. The molecule has 0 saturated heterocycles. The lowest BCUT2D eigenvalue weighted by Gasteiger charge is -2.34. The predicted molar refractivity (Wildman–Crippen MR) is 102 cm³/mol. The summed E-state index contributed by atoms with van der Waals surface area (Å²) >= 11 is 0. The number of hydrogen-bond acceptors (Lipinski definition) is 4. The first-order chi connectivity index (χ1) is 12.1. The van der Waals surface area contributed by atoms with Crippen LogP contribution < -0.4 is 0 Å². The molecule has 0 radical (unpaired) electrons. The molecular formula is C20H22N2O3S. The molecule has 2 aromatic carbocycles. The Bertz CT molecular complexity index is 973. The zero-order chi connectivity index (χ0) is 19.1. The maximum absolute atomic E-state index is 13.2. The quantitative estimate of drug-likeness (QED) is 0.831. The van der Waals surface area contributed by atoms with Crippen molar-refractivity contribution in [2.24, 2.45) is 4.99 Å². The summed E-state index contributed by atoms with van der Waals surface area (Å²) in [5.74, 6) is -0.298. The van der Waals surface area contributed by atoms with Gasteiger partial charge in [-0.1, -0.05) is 47.5 Å². The van der Waals surface area contributed by atoms with Gasteiger partial charge in [-0.3, -0.25) is 9.79 Å². The molecular weight excluding hydrogens is 348 g/mol. The highest BCUT2D eigenvalue weighted by molar-refractivity contribution is 7.90. The highest BCUT2D eigenvalue weighted by Gasteiger charge is 2.41. The number of amidine groups is 1. The lowest BCUT2D eigenvalue weighted by atomic mass is 9.98. The maximum atomic E-state index is 13.2. The normalized spacial score (nSPS) is 17.2. The Morgan fingerprint density at radius 3 is 1.96 bits per heavy atom. The fraction of sp³-hybridized carbons (Fsp3) is 0.300. The number of sulfonamides is 1. The van der Waals surface area contributed by atoms with Gasteiger partial charge in [-0.05, 0) is 39.8 Å². The van der Waals surface area contributed by atoms with E-state index in [4.69, 9.17) is 0 Å².